The molecule has 1 unspecified atom stereocenters. The highest BCUT2D eigenvalue weighted by atomic mass is 35.5. The first-order chi connectivity index (χ1) is 8.74. The Morgan fingerprint density at radius 2 is 2.39 bits per heavy atom. The van der Waals surface area contributed by atoms with Gasteiger partial charge in [-0.25, -0.2) is 4.98 Å². The van der Waals surface area contributed by atoms with Crippen molar-refractivity contribution < 1.29 is 4.74 Å². The molecule has 0 amide bonds. The fourth-order valence-electron chi connectivity index (χ4n) is 1.76. The smallest absolute Gasteiger partial charge is 0.125 e. The van der Waals surface area contributed by atoms with Gasteiger partial charge in [0.25, 0.3) is 0 Å². The van der Waals surface area contributed by atoms with Crippen LogP contribution in [-0.4, -0.2) is 12.1 Å². The van der Waals surface area contributed by atoms with Crippen LogP contribution in [-0.2, 0) is 6.42 Å². The Labute approximate surface area is 115 Å². The highest BCUT2D eigenvalue weighted by Crippen LogP contribution is 2.30. The van der Waals surface area contributed by atoms with Gasteiger partial charge in [0, 0.05) is 28.6 Å². The summed E-state index contributed by atoms with van der Waals surface area (Å²) < 4.78 is 5.33. The molecule has 1 aromatic heterocycles. The van der Waals surface area contributed by atoms with Crippen molar-refractivity contribution in [3.8, 4) is 5.75 Å². The number of halogens is 1. The normalized spacial score (nSPS) is 12.4. The van der Waals surface area contributed by atoms with Crippen LogP contribution in [0.3, 0.4) is 0 Å². The molecular weight excluding hydrogens is 270 g/mol. The molecule has 96 valence electrons. The number of rotatable bonds is 5. The van der Waals surface area contributed by atoms with E-state index in [-0.39, 0.29) is 6.04 Å². The average Bonchev–Trinajstić information content (AvgIpc) is 2.89. The lowest BCUT2D eigenvalue weighted by molar-refractivity contribution is 0.399. The first-order valence-electron chi connectivity index (χ1n) is 5.42. The monoisotopic (exact) mass is 283 g/mol. The molecule has 0 spiro atoms. The van der Waals surface area contributed by atoms with Crippen LogP contribution in [0.5, 0.6) is 5.75 Å². The van der Waals surface area contributed by atoms with E-state index in [9.17, 15) is 0 Å². The number of hydrogen-bond acceptors (Lipinski definition) is 5. The number of thiazole rings is 1. The van der Waals surface area contributed by atoms with Crippen molar-refractivity contribution in [1.82, 2.24) is 10.4 Å². The minimum absolute atomic E-state index is 0.0524. The largest absolute Gasteiger partial charge is 0.496 e. The minimum atomic E-state index is -0.0524. The molecule has 0 fully saturated rings. The van der Waals surface area contributed by atoms with Gasteiger partial charge in [0.15, 0.2) is 0 Å². The number of ether oxygens (including phenoxy) is 1. The third-order valence-electron chi connectivity index (χ3n) is 2.63. The van der Waals surface area contributed by atoms with Crippen molar-refractivity contribution in [1.29, 1.82) is 0 Å². The molecule has 0 aliphatic heterocycles. The molecule has 18 heavy (non-hydrogen) atoms. The zero-order chi connectivity index (χ0) is 13.0. The summed E-state index contributed by atoms with van der Waals surface area (Å²) in [6, 6.07) is 5.47. The Hall–Kier alpha value is -1.14. The van der Waals surface area contributed by atoms with E-state index in [2.05, 4.69) is 10.4 Å². The van der Waals surface area contributed by atoms with Gasteiger partial charge in [0.2, 0.25) is 0 Å². The summed E-state index contributed by atoms with van der Waals surface area (Å²) in [7, 11) is 1.62. The molecule has 1 atom stereocenters. The van der Waals surface area contributed by atoms with Gasteiger partial charge in [-0.3, -0.25) is 11.3 Å². The quantitative estimate of drug-likeness (QED) is 0.654. The fourth-order valence-corrected chi connectivity index (χ4v) is 2.59. The van der Waals surface area contributed by atoms with Crippen LogP contribution in [0.4, 0.5) is 0 Å². The number of nitrogens with zero attached hydrogens (tertiary/aromatic N) is 1. The second kappa shape index (κ2) is 6.15. The van der Waals surface area contributed by atoms with E-state index in [4.69, 9.17) is 22.2 Å². The summed E-state index contributed by atoms with van der Waals surface area (Å²) in [5.74, 6) is 6.35. The van der Waals surface area contributed by atoms with Crippen molar-refractivity contribution in [3.05, 3.63) is 45.4 Å². The number of methoxy groups -OCH3 is 1. The minimum Gasteiger partial charge on any atom is -0.496 e. The molecule has 6 heteroatoms. The van der Waals surface area contributed by atoms with Crippen molar-refractivity contribution in [2.75, 3.05) is 7.11 Å². The van der Waals surface area contributed by atoms with Crippen molar-refractivity contribution in [2.24, 2.45) is 5.84 Å². The number of hydrazine groups is 1. The molecule has 2 rings (SSSR count). The third-order valence-corrected chi connectivity index (χ3v) is 3.67. The molecule has 4 nitrogen and oxygen atoms in total. The summed E-state index contributed by atoms with van der Waals surface area (Å²) in [6.07, 6.45) is 2.50. The van der Waals surface area contributed by atoms with E-state index in [1.54, 1.807) is 30.7 Å². The second-order valence-electron chi connectivity index (χ2n) is 3.74. The van der Waals surface area contributed by atoms with E-state index >= 15 is 0 Å². The van der Waals surface area contributed by atoms with Crippen molar-refractivity contribution in [3.63, 3.8) is 0 Å². The lowest BCUT2D eigenvalue weighted by Gasteiger charge is -2.18. The molecule has 0 aliphatic carbocycles. The standard InChI is InChI=1S/C12H14ClN3OS/c1-17-11-6-8(13)2-3-9(11)10(16-14)7-12-15-4-5-18-12/h2-6,10,16H,7,14H2,1H3. The predicted octanol–water partition coefficient (Wildman–Crippen LogP) is 2.55. The van der Waals surface area contributed by atoms with Crippen LogP contribution in [0, 0.1) is 0 Å². The summed E-state index contributed by atoms with van der Waals surface area (Å²) in [6.45, 7) is 0. The third kappa shape index (κ3) is 3.00. The number of aromatic nitrogens is 1. The Balaban J connectivity index is 2.26. The SMILES string of the molecule is COc1cc(Cl)ccc1C(Cc1nccs1)NN. The predicted molar refractivity (Wildman–Crippen MR) is 73.9 cm³/mol. The Morgan fingerprint density at radius 3 is 3.00 bits per heavy atom. The zero-order valence-electron chi connectivity index (χ0n) is 9.89. The lowest BCUT2D eigenvalue weighted by atomic mass is 10.0. The van der Waals surface area contributed by atoms with E-state index in [1.165, 1.54) is 0 Å². The molecule has 0 radical (unpaired) electrons. The number of hydrogen-bond donors (Lipinski definition) is 2. The molecule has 0 saturated carbocycles. The highest BCUT2D eigenvalue weighted by molar-refractivity contribution is 7.09. The van der Waals surface area contributed by atoms with Gasteiger partial charge in [0.05, 0.1) is 18.2 Å². The number of nitrogens with one attached hydrogen (secondary N) is 1. The molecule has 0 saturated heterocycles. The maximum Gasteiger partial charge on any atom is 0.125 e. The summed E-state index contributed by atoms with van der Waals surface area (Å²) in [5.41, 5.74) is 3.77. The topological polar surface area (TPSA) is 60.2 Å². The molecular formula is C12H14ClN3OS. The Bertz CT molecular complexity index is 504. The second-order valence-corrected chi connectivity index (χ2v) is 5.15. The van der Waals surface area contributed by atoms with Gasteiger partial charge in [-0.05, 0) is 12.1 Å². The molecule has 1 aromatic carbocycles. The Morgan fingerprint density at radius 1 is 1.56 bits per heavy atom. The van der Waals surface area contributed by atoms with Crippen LogP contribution >= 0.6 is 22.9 Å². The van der Waals surface area contributed by atoms with E-state index in [0.29, 0.717) is 11.4 Å². The van der Waals surface area contributed by atoms with Gasteiger partial charge < -0.3 is 4.74 Å². The van der Waals surface area contributed by atoms with Crippen molar-refractivity contribution in [2.45, 2.75) is 12.5 Å². The first kappa shape index (κ1) is 13.3. The highest BCUT2D eigenvalue weighted by Gasteiger charge is 2.16. The molecule has 0 aliphatic rings. The maximum absolute atomic E-state index is 5.94. The van der Waals surface area contributed by atoms with Crippen molar-refractivity contribution >= 4 is 22.9 Å². The Kier molecular flexibility index (Phi) is 4.54. The van der Waals surface area contributed by atoms with E-state index in [1.807, 2.05) is 17.5 Å². The summed E-state index contributed by atoms with van der Waals surface area (Å²) in [4.78, 5) is 4.26. The number of nitrogens with two attached hydrogens (primary N) is 1. The van der Waals surface area contributed by atoms with Gasteiger partial charge in [-0.2, -0.15) is 0 Å². The van der Waals surface area contributed by atoms with Crippen LogP contribution in [0.15, 0.2) is 29.8 Å². The number of benzene rings is 1. The van der Waals surface area contributed by atoms with Gasteiger partial charge in [-0.15, -0.1) is 11.3 Å². The van der Waals surface area contributed by atoms with Crippen LogP contribution < -0.4 is 16.0 Å². The van der Waals surface area contributed by atoms with E-state index < -0.39 is 0 Å². The van der Waals surface area contributed by atoms with Gasteiger partial charge >= 0.3 is 0 Å². The summed E-state index contributed by atoms with van der Waals surface area (Å²) >= 11 is 7.55. The van der Waals surface area contributed by atoms with Crippen LogP contribution in [0.25, 0.3) is 0 Å². The van der Waals surface area contributed by atoms with Crippen LogP contribution in [0.1, 0.15) is 16.6 Å². The van der Waals surface area contributed by atoms with E-state index in [0.717, 1.165) is 16.3 Å². The first-order valence-corrected chi connectivity index (χ1v) is 6.68. The van der Waals surface area contributed by atoms with Gasteiger partial charge in [0.1, 0.15) is 5.75 Å². The van der Waals surface area contributed by atoms with Gasteiger partial charge in [-0.1, -0.05) is 17.7 Å². The maximum atomic E-state index is 5.94. The zero-order valence-corrected chi connectivity index (χ0v) is 11.5. The average molecular weight is 284 g/mol. The molecule has 0 bridgehead atoms. The summed E-state index contributed by atoms with van der Waals surface area (Å²) in [5, 5.41) is 3.61. The molecule has 2 aromatic rings. The lowest BCUT2D eigenvalue weighted by Crippen LogP contribution is -2.29. The molecule has 1 heterocycles. The molecule has 3 N–H and O–H groups in total. The fraction of sp³-hybridized carbons (Fsp3) is 0.250. The van der Waals surface area contributed by atoms with Crippen LogP contribution in [0.2, 0.25) is 5.02 Å².